The van der Waals surface area contributed by atoms with Crippen LogP contribution in [-0.4, -0.2) is 7.11 Å². The maximum Gasteiger partial charge on any atom is 0.124 e. The summed E-state index contributed by atoms with van der Waals surface area (Å²) in [6.07, 6.45) is 3.60. The normalized spacial score (nSPS) is 10.1. The minimum atomic E-state index is 1.07. The molecule has 0 heterocycles. The molecule has 0 saturated carbocycles. The quantitative estimate of drug-likeness (QED) is 0.687. The van der Waals surface area contributed by atoms with Gasteiger partial charge in [-0.15, -0.1) is 0 Å². The van der Waals surface area contributed by atoms with Crippen molar-refractivity contribution in [1.82, 2.24) is 0 Å². The smallest absolute Gasteiger partial charge is 0.124 e. The molecule has 0 unspecified atom stereocenters. The van der Waals surface area contributed by atoms with E-state index >= 15 is 0 Å². The van der Waals surface area contributed by atoms with E-state index < -0.39 is 0 Å². The van der Waals surface area contributed by atoms with Crippen molar-refractivity contribution in [3.8, 4) is 5.75 Å². The maximum atomic E-state index is 5.37. The van der Waals surface area contributed by atoms with Gasteiger partial charge in [-0.3, -0.25) is 0 Å². The maximum absolute atomic E-state index is 5.37. The number of aryl methyl sites for hydroxylation is 2. The lowest BCUT2D eigenvalue weighted by Gasteiger charge is -2.10. The van der Waals surface area contributed by atoms with Crippen LogP contribution < -0.4 is 4.74 Å². The summed E-state index contributed by atoms with van der Waals surface area (Å²) in [4.78, 5) is 0. The molecule has 0 fully saturated rings. The van der Waals surface area contributed by atoms with Crippen molar-refractivity contribution < 1.29 is 4.74 Å². The van der Waals surface area contributed by atoms with Gasteiger partial charge in [0.1, 0.15) is 5.75 Å². The first-order valence-electron chi connectivity index (χ1n) is 4.92. The van der Waals surface area contributed by atoms with Gasteiger partial charge >= 0.3 is 0 Å². The largest absolute Gasteiger partial charge is 0.496 e. The van der Waals surface area contributed by atoms with Gasteiger partial charge in [0.15, 0.2) is 0 Å². The fourth-order valence-electron chi connectivity index (χ4n) is 1.57. The summed E-state index contributed by atoms with van der Waals surface area (Å²) in [6.45, 7) is 4.30. The number of ether oxygens (including phenoxy) is 1. The first-order chi connectivity index (χ1) is 6.29. The summed E-state index contributed by atoms with van der Waals surface area (Å²) >= 11 is 0. The molecule has 0 bridgehead atoms. The summed E-state index contributed by atoms with van der Waals surface area (Å²) < 4.78 is 5.37. The van der Waals surface area contributed by atoms with E-state index in [4.69, 9.17) is 4.74 Å². The van der Waals surface area contributed by atoms with Crippen molar-refractivity contribution in [1.29, 1.82) is 0 Å². The highest BCUT2D eigenvalue weighted by molar-refractivity contribution is 5.40. The Morgan fingerprint density at radius 3 is 2.69 bits per heavy atom. The molecule has 1 heteroatoms. The fraction of sp³-hybridized carbons (Fsp3) is 0.500. The highest BCUT2D eigenvalue weighted by Gasteiger charge is 2.03. The van der Waals surface area contributed by atoms with E-state index in [2.05, 4.69) is 32.0 Å². The van der Waals surface area contributed by atoms with E-state index in [1.165, 1.54) is 24.0 Å². The van der Waals surface area contributed by atoms with Crippen molar-refractivity contribution in [3.05, 3.63) is 29.3 Å². The minimum absolute atomic E-state index is 1.07. The van der Waals surface area contributed by atoms with E-state index in [1.54, 1.807) is 7.11 Å². The third-order valence-corrected chi connectivity index (χ3v) is 2.30. The number of benzene rings is 1. The molecular weight excluding hydrogens is 160 g/mol. The lowest BCUT2D eigenvalue weighted by atomic mass is 10.0. The highest BCUT2D eigenvalue weighted by atomic mass is 16.5. The predicted octanol–water partition coefficient (Wildman–Crippen LogP) is 3.35. The molecule has 0 amide bonds. The highest BCUT2D eigenvalue weighted by Crippen LogP contribution is 2.24. The molecule has 72 valence electrons. The molecule has 0 N–H and O–H groups in total. The van der Waals surface area contributed by atoms with Gasteiger partial charge in [-0.1, -0.05) is 31.5 Å². The van der Waals surface area contributed by atoms with Crippen molar-refractivity contribution in [2.24, 2.45) is 0 Å². The van der Waals surface area contributed by atoms with Crippen LogP contribution in [0, 0.1) is 6.92 Å². The summed E-state index contributed by atoms with van der Waals surface area (Å²) in [7, 11) is 1.75. The lowest BCUT2D eigenvalue weighted by molar-refractivity contribution is 0.406. The second-order valence-corrected chi connectivity index (χ2v) is 3.37. The summed E-state index contributed by atoms with van der Waals surface area (Å²) in [6, 6.07) is 6.35. The van der Waals surface area contributed by atoms with Gasteiger partial charge in [-0.2, -0.15) is 0 Å². The number of hydrogen-bond acceptors (Lipinski definition) is 1. The Hall–Kier alpha value is -0.980. The molecule has 1 nitrogen and oxygen atoms in total. The van der Waals surface area contributed by atoms with Crippen molar-refractivity contribution in [2.45, 2.75) is 33.1 Å². The number of rotatable bonds is 4. The zero-order valence-electron chi connectivity index (χ0n) is 8.76. The zero-order valence-corrected chi connectivity index (χ0v) is 8.76. The first-order valence-corrected chi connectivity index (χ1v) is 4.92. The van der Waals surface area contributed by atoms with Crippen LogP contribution in [0.4, 0.5) is 0 Å². The van der Waals surface area contributed by atoms with Crippen LogP contribution in [0.1, 0.15) is 30.9 Å². The van der Waals surface area contributed by atoms with Crippen LogP contribution >= 0.6 is 0 Å². The topological polar surface area (TPSA) is 9.23 Å². The van der Waals surface area contributed by atoms with E-state index in [1.807, 2.05) is 0 Å². The molecule has 1 aromatic rings. The monoisotopic (exact) mass is 178 g/mol. The SMILES string of the molecule is CCCCc1cccc(C)c1OC. The molecule has 0 radical (unpaired) electrons. The molecule has 0 aliphatic heterocycles. The second-order valence-electron chi connectivity index (χ2n) is 3.37. The van der Waals surface area contributed by atoms with E-state index in [9.17, 15) is 0 Å². The molecule has 0 aromatic heterocycles. The molecular formula is C12H18O. The van der Waals surface area contributed by atoms with Crippen LogP contribution in [0.5, 0.6) is 5.75 Å². The Kier molecular flexibility index (Phi) is 3.81. The molecule has 1 aromatic carbocycles. The third kappa shape index (κ3) is 2.48. The summed E-state index contributed by atoms with van der Waals surface area (Å²) in [5.74, 6) is 1.07. The fourth-order valence-corrected chi connectivity index (χ4v) is 1.57. The van der Waals surface area contributed by atoms with Crippen LogP contribution in [0.3, 0.4) is 0 Å². The van der Waals surface area contributed by atoms with E-state index in [-0.39, 0.29) is 0 Å². The Labute approximate surface area is 80.7 Å². The summed E-state index contributed by atoms with van der Waals surface area (Å²) in [5, 5.41) is 0. The van der Waals surface area contributed by atoms with Gasteiger partial charge < -0.3 is 4.74 Å². The Balaban J connectivity index is 2.85. The van der Waals surface area contributed by atoms with Crippen LogP contribution in [0.2, 0.25) is 0 Å². The number of hydrogen-bond donors (Lipinski definition) is 0. The Morgan fingerprint density at radius 2 is 2.08 bits per heavy atom. The number of unbranched alkanes of at least 4 members (excludes halogenated alkanes) is 1. The molecule has 0 atom stereocenters. The van der Waals surface area contributed by atoms with Gasteiger partial charge in [0, 0.05) is 0 Å². The van der Waals surface area contributed by atoms with E-state index in [0.717, 1.165) is 12.2 Å². The van der Waals surface area contributed by atoms with Crippen molar-refractivity contribution in [2.75, 3.05) is 7.11 Å². The van der Waals surface area contributed by atoms with Crippen molar-refractivity contribution >= 4 is 0 Å². The number of methoxy groups -OCH3 is 1. The van der Waals surface area contributed by atoms with Crippen LogP contribution in [-0.2, 0) is 6.42 Å². The van der Waals surface area contributed by atoms with Gasteiger partial charge in [0.25, 0.3) is 0 Å². The number of para-hydroxylation sites is 1. The van der Waals surface area contributed by atoms with Crippen LogP contribution in [0.15, 0.2) is 18.2 Å². The standard InChI is InChI=1S/C12H18O/c1-4-5-8-11-9-6-7-10(2)12(11)13-3/h6-7,9H,4-5,8H2,1-3H3. The summed E-state index contributed by atoms with van der Waals surface area (Å²) in [5.41, 5.74) is 2.57. The minimum Gasteiger partial charge on any atom is -0.496 e. The van der Waals surface area contributed by atoms with Gasteiger partial charge in [0.05, 0.1) is 7.11 Å². The second kappa shape index (κ2) is 4.90. The predicted molar refractivity (Wildman–Crippen MR) is 56.3 cm³/mol. The molecule has 0 saturated heterocycles. The molecule has 13 heavy (non-hydrogen) atoms. The molecule has 0 spiro atoms. The lowest BCUT2D eigenvalue weighted by Crippen LogP contribution is -1.94. The molecule has 1 rings (SSSR count). The van der Waals surface area contributed by atoms with Gasteiger partial charge in [-0.05, 0) is 30.9 Å². The Bertz CT molecular complexity index is 266. The molecule has 0 aliphatic carbocycles. The van der Waals surface area contributed by atoms with Crippen molar-refractivity contribution in [3.63, 3.8) is 0 Å². The zero-order chi connectivity index (χ0) is 9.68. The first kappa shape index (κ1) is 10.1. The average molecular weight is 178 g/mol. The third-order valence-electron chi connectivity index (χ3n) is 2.30. The average Bonchev–Trinajstić information content (AvgIpc) is 2.15. The van der Waals surface area contributed by atoms with Crippen LogP contribution in [0.25, 0.3) is 0 Å². The molecule has 0 aliphatic rings. The van der Waals surface area contributed by atoms with Gasteiger partial charge in [-0.25, -0.2) is 0 Å². The van der Waals surface area contributed by atoms with Gasteiger partial charge in [0.2, 0.25) is 0 Å². The van der Waals surface area contributed by atoms with E-state index in [0.29, 0.717) is 0 Å². The Morgan fingerprint density at radius 1 is 1.31 bits per heavy atom.